The third-order valence-corrected chi connectivity index (χ3v) is 4.66. The number of rotatable bonds is 9. The van der Waals surface area contributed by atoms with E-state index in [1.54, 1.807) is 12.5 Å². The van der Waals surface area contributed by atoms with E-state index in [0.29, 0.717) is 6.54 Å². The van der Waals surface area contributed by atoms with Crippen LogP contribution < -0.4 is 10.0 Å². The van der Waals surface area contributed by atoms with E-state index in [1.807, 2.05) is 0 Å². The number of nitrogens with one attached hydrogen (secondary N) is 2. The third kappa shape index (κ3) is 5.74. The number of hydrogen-bond donors (Lipinski definition) is 2. The molecule has 130 valence electrons. The lowest BCUT2D eigenvalue weighted by molar-refractivity contribution is -0.120. The van der Waals surface area contributed by atoms with Gasteiger partial charge in [-0.15, -0.1) is 0 Å². The molecule has 0 bridgehead atoms. The van der Waals surface area contributed by atoms with Crippen LogP contribution in [-0.2, 0) is 21.2 Å². The zero-order chi connectivity index (χ0) is 17.4. The fourth-order valence-electron chi connectivity index (χ4n) is 1.98. The van der Waals surface area contributed by atoms with Crippen LogP contribution in [0.3, 0.4) is 0 Å². The molecule has 24 heavy (non-hydrogen) atoms. The average Bonchev–Trinajstić information content (AvgIpc) is 3.05. The summed E-state index contributed by atoms with van der Waals surface area (Å²) in [4.78, 5) is 11.5. The van der Waals surface area contributed by atoms with Crippen LogP contribution in [0.1, 0.15) is 18.4 Å². The van der Waals surface area contributed by atoms with Crippen molar-refractivity contribution in [1.29, 1.82) is 0 Å². The first kappa shape index (κ1) is 18.1. The average molecular weight is 355 g/mol. The van der Waals surface area contributed by atoms with Gasteiger partial charge in [0.05, 0.1) is 11.1 Å². The van der Waals surface area contributed by atoms with Gasteiger partial charge in [0, 0.05) is 25.1 Å². The van der Waals surface area contributed by atoms with Crippen molar-refractivity contribution in [3.63, 3.8) is 0 Å². The Balaban J connectivity index is 1.66. The van der Waals surface area contributed by atoms with Crippen LogP contribution in [0, 0.1) is 5.82 Å². The number of hydrogen-bond acceptors (Lipinski definition) is 5. The van der Waals surface area contributed by atoms with Gasteiger partial charge in [-0.1, -0.05) is 11.2 Å². The highest BCUT2D eigenvalue weighted by Gasteiger charge is 2.14. The summed E-state index contributed by atoms with van der Waals surface area (Å²) in [5.74, 6) is -0.897. The molecule has 1 aromatic heterocycles. The molecule has 9 heteroatoms. The third-order valence-electron chi connectivity index (χ3n) is 3.20. The molecule has 0 radical (unpaired) electrons. The molecule has 1 heterocycles. The number of halogens is 1. The molecular weight excluding hydrogens is 337 g/mol. The second-order valence-electron chi connectivity index (χ2n) is 5.09. The minimum absolute atomic E-state index is 0.00180. The lowest BCUT2D eigenvalue weighted by atomic mass is 10.2. The molecule has 1 aromatic carbocycles. The van der Waals surface area contributed by atoms with Gasteiger partial charge in [0.25, 0.3) is 0 Å². The second-order valence-corrected chi connectivity index (χ2v) is 6.86. The molecule has 0 saturated carbocycles. The topological polar surface area (TPSA) is 101 Å². The smallest absolute Gasteiger partial charge is 0.240 e. The lowest BCUT2D eigenvalue weighted by Crippen LogP contribution is -2.31. The summed E-state index contributed by atoms with van der Waals surface area (Å²) < 4.78 is 43.9. The summed E-state index contributed by atoms with van der Waals surface area (Å²) in [6.45, 7) is 0.414. The Kier molecular flexibility index (Phi) is 6.44. The second kappa shape index (κ2) is 8.55. The highest BCUT2D eigenvalue weighted by molar-refractivity contribution is 7.89. The monoisotopic (exact) mass is 355 g/mol. The molecule has 0 atom stereocenters. The molecular formula is C15H18FN3O4S. The number of carbonyl (C=O) groups is 1. The Morgan fingerprint density at radius 3 is 2.83 bits per heavy atom. The van der Waals surface area contributed by atoms with Gasteiger partial charge in [-0.3, -0.25) is 4.79 Å². The summed E-state index contributed by atoms with van der Waals surface area (Å²) in [5.41, 5.74) is 0.951. The summed E-state index contributed by atoms with van der Waals surface area (Å²) in [6.07, 6.45) is 4.62. The Bertz CT molecular complexity index is 763. The van der Waals surface area contributed by atoms with Crippen molar-refractivity contribution in [1.82, 2.24) is 15.2 Å². The summed E-state index contributed by atoms with van der Waals surface area (Å²) >= 11 is 0. The van der Waals surface area contributed by atoms with Gasteiger partial charge < -0.3 is 9.84 Å². The number of benzene rings is 1. The van der Waals surface area contributed by atoms with Crippen molar-refractivity contribution in [3.8, 4) is 0 Å². The quantitative estimate of drug-likeness (QED) is 0.659. The molecule has 0 aliphatic carbocycles. The fraction of sp³-hybridized carbons (Fsp3) is 0.333. The van der Waals surface area contributed by atoms with E-state index in [4.69, 9.17) is 4.52 Å². The molecule has 0 spiro atoms. The van der Waals surface area contributed by atoms with E-state index in [1.165, 1.54) is 12.1 Å². The van der Waals surface area contributed by atoms with E-state index in [0.717, 1.165) is 30.5 Å². The largest absolute Gasteiger partial charge is 0.364 e. The van der Waals surface area contributed by atoms with E-state index in [-0.39, 0.29) is 23.8 Å². The number of aryl methyl sites for hydroxylation is 1. The van der Waals surface area contributed by atoms with Crippen molar-refractivity contribution in [3.05, 3.63) is 48.1 Å². The van der Waals surface area contributed by atoms with Crippen LogP contribution in [-0.4, -0.2) is 32.6 Å². The molecule has 0 aliphatic heterocycles. The number of carbonyl (C=O) groups excluding carboxylic acids is 1. The molecule has 0 saturated heterocycles. The minimum atomic E-state index is -3.82. The SMILES string of the molecule is O=C(CCNS(=O)(=O)c1cccc(F)c1)NCCCc1cnoc1. The van der Waals surface area contributed by atoms with Gasteiger partial charge in [-0.2, -0.15) is 0 Å². The maximum atomic E-state index is 13.1. The van der Waals surface area contributed by atoms with Crippen molar-refractivity contribution >= 4 is 15.9 Å². The Hall–Kier alpha value is -2.26. The van der Waals surface area contributed by atoms with E-state index >= 15 is 0 Å². The number of amides is 1. The molecule has 7 nitrogen and oxygen atoms in total. The highest BCUT2D eigenvalue weighted by Crippen LogP contribution is 2.10. The summed E-state index contributed by atoms with van der Waals surface area (Å²) in [5, 5.41) is 6.27. The lowest BCUT2D eigenvalue weighted by Gasteiger charge is -2.07. The first-order chi connectivity index (χ1) is 11.5. The zero-order valence-corrected chi connectivity index (χ0v) is 13.7. The predicted molar refractivity (Wildman–Crippen MR) is 84.0 cm³/mol. The first-order valence-corrected chi connectivity index (χ1v) is 8.86. The normalized spacial score (nSPS) is 11.4. The molecule has 2 N–H and O–H groups in total. The maximum Gasteiger partial charge on any atom is 0.240 e. The molecule has 0 aliphatic rings. The van der Waals surface area contributed by atoms with Crippen molar-refractivity contribution in [2.45, 2.75) is 24.2 Å². The summed E-state index contributed by atoms with van der Waals surface area (Å²) in [7, 11) is -3.82. The van der Waals surface area contributed by atoms with Gasteiger partial charge in [0.15, 0.2) is 0 Å². The molecule has 0 fully saturated rings. The van der Waals surface area contributed by atoms with Crippen LogP contribution in [0.2, 0.25) is 0 Å². The van der Waals surface area contributed by atoms with Gasteiger partial charge in [0.2, 0.25) is 15.9 Å². The minimum Gasteiger partial charge on any atom is -0.364 e. The molecule has 1 amide bonds. The first-order valence-electron chi connectivity index (χ1n) is 7.37. The fourth-order valence-corrected chi connectivity index (χ4v) is 3.04. The van der Waals surface area contributed by atoms with Crippen LogP contribution in [0.25, 0.3) is 0 Å². The maximum absolute atomic E-state index is 13.1. The number of sulfonamides is 1. The molecule has 2 rings (SSSR count). The Morgan fingerprint density at radius 1 is 1.29 bits per heavy atom. The van der Waals surface area contributed by atoms with E-state index in [2.05, 4.69) is 15.2 Å². The standard InChI is InChI=1S/C15H18FN3O4S/c16-13-4-1-5-14(9-13)24(21,22)19-8-6-15(20)17-7-2-3-12-10-18-23-11-12/h1,4-5,9-11,19H,2-3,6-8H2,(H,17,20). The van der Waals surface area contributed by atoms with Crippen LogP contribution in [0.4, 0.5) is 4.39 Å². The summed E-state index contributed by atoms with van der Waals surface area (Å²) in [6, 6.07) is 4.68. The molecule has 2 aromatic rings. The van der Waals surface area contributed by atoms with Gasteiger partial charge in [0.1, 0.15) is 12.1 Å². The van der Waals surface area contributed by atoms with Crippen LogP contribution >= 0.6 is 0 Å². The van der Waals surface area contributed by atoms with E-state index < -0.39 is 15.8 Å². The zero-order valence-electron chi connectivity index (χ0n) is 12.9. The van der Waals surface area contributed by atoms with E-state index in [9.17, 15) is 17.6 Å². The van der Waals surface area contributed by atoms with Crippen LogP contribution in [0.15, 0.2) is 46.1 Å². The molecule has 0 unspecified atom stereocenters. The predicted octanol–water partition coefficient (Wildman–Crippen LogP) is 1.23. The van der Waals surface area contributed by atoms with Gasteiger partial charge in [-0.25, -0.2) is 17.5 Å². The van der Waals surface area contributed by atoms with Gasteiger partial charge >= 0.3 is 0 Å². The van der Waals surface area contributed by atoms with Crippen LogP contribution in [0.5, 0.6) is 0 Å². The van der Waals surface area contributed by atoms with Crippen molar-refractivity contribution in [2.75, 3.05) is 13.1 Å². The number of nitrogens with zero attached hydrogens (tertiary/aromatic N) is 1. The Morgan fingerprint density at radius 2 is 2.12 bits per heavy atom. The van der Waals surface area contributed by atoms with Crippen molar-refractivity contribution in [2.24, 2.45) is 0 Å². The van der Waals surface area contributed by atoms with Crippen molar-refractivity contribution < 1.29 is 22.1 Å². The Labute approximate surface area is 139 Å². The van der Waals surface area contributed by atoms with Gasteiger partial charge in [-0.05, 0) is 31.0 Å². The highest BCUT2D eigenvalue weighted by atomic mass is 32.2. The number of aromatic nitrogens is 1.